The largest absolute Gasteiger partial charge is 0.342 e. The lowest BCUT2D eigenvalue weighted by molar-refractivity contribution is -0.144. The molecule has 2 saturated heterocycles. The van der Waals surface area contributed by atoms with Crippen LogP contribution in [0.25, 0.3) is 0 Å². The van der Waals surface area contributed by atoms with E-state index >= 15 is 0 Å². The summed E-state index contributed by atoms with van der Waals surface area (Å²) in [5, 5.41) is 0. The van der Waals surface area contributed by atoms with Crippen molar-refractivity contribution in [3.05, 3.63) is 24.5 Å². The highest BCUT2D eigenvalue weighted by atomic mass is 16.2. The SMILES string of the molecule is C[C@@H]1C[C@@H]1C(=O)N1CCC2(CC1)CN(c1cccnc1)C2=O. The molecule has 1 spiro atoms. The van der Waals surface area contributed by atoms with Gasteiger partial charge < -0.3 is 9.80 Å². The maximum absolute atomic E-state index is 12.6. The highest BCUT2D eigenvalue weighted by molar-refractivity contribution is 6.04. The molecule has 2 atom stereocenters. The number of anilines is 1. The first kappa shape index (κ1) is 13.7. The molecule has 3 aliphatic rings. The van der Waals surface area contributed by atoms with Crippen molar-refractivity contribution < 1.29 is 9.59 Å². The number of carbonyl (C=O) groups is 2. The fourth-order valence-electron chi connectivity index (χ4n) is 3.79. The van der Waals surface area contributed by atoms with Crippen molar-refractivity contribution in [1.82, 2.24) is 9.88 Å². The molecular formula is C17H21N3O2. The zero-order valence-corrected chi connectivity index (χ0v) is 12.9. The van der Waals surface area contributed by atoms with Gasteiger partial charge in [0.1, 0.15) is 0 Å². The lowest BCUT2D eigenvalue weighted by Gasteiger charge is -2.52. The van der Waals surface area contributed by atoms with Gasteiger partial charge in [0, 0.05) is 31.7 Å². The zero-order chi connectivity index (χ0) is 15.3. The van der Waals surface area contributed by atoms with E-state index in [1.807, 2.05) is 21.9 Å². The van der Waals surface area contributed by atoms with Gasteiger partial charge in [0.2, 0.25) is 11.8 Å². The first-order chi connectivity index (χ1) is 10.6. The Balaban J connectivity index is 1.38. The molecule has 116 valence electrons. The molecule has 1 aromatic heterocycles. The summed E-state index contributed by atoms with van der Waals surface area (Å²) >= 11 is 0. The lowest BCUT2D eigenvalue weighted by Crippen LogP contribution is -2.65. The van der Waals surface area contributed by atoms with Gasteiger partial charge in [0.05, 0.1) is 17.3 Å². The molecule has 22 heavy (non-hydrogen) atoms. The number of β-lactam (4-membered cyclic amide) rings is 1. The van der Waals surface area contributed by atoms with Crippen LogP contribution in [0.2, 0.25) is 0 Å². The van der Waals surface area contributed by atoms with Gasteiger partial charge in [-0.25, -0.2) is 0 Å². The van der Waals surface area contributed by atoms with E-state index in [9.17, 15) is 9.59 Å². The van der Waals surface area contributed by atoms with E-state index in [1.54, 1.807) is 12.4 Å². The summed E-state index contributed by atoms with van der Waals surface area (Å²) in [5.74, 6) is 1.30. The summed E-state index contributed by atoms with van der Waals surface area (Å²) in [7, 11) is 0. The fraction of sp³-hybridized carbons (Fsp3) is 0.588. The number of nitrogens with zero attached hydrogens (tertiary/aromatic N) is 3. The van der Waals surface area contributed by atoms with Gasteiger partial charge in [-0.1, -0.05) is 6.92 Å². The third kappa shape index (κ3) is 2.02. The van der Waals surface area contributed by atoms with E-state index in [4.69, 9.17) is 0 Å². The Bertz CT molecular complexity index is 608. The number of piperidine rings is 1. The third-order valence-corrected chi connectivity index (χ3v) is 5.58. The van der Waals surface area contributed by atoms with Crippen molar-refractivity contribution in [3.63, 3.8) is 0 Å². The molecule has 2 amide bonds. The number of hydrogen-bond donors (Lipinski definition) is 0. The Morgan fingerprint density at radius 3 is 2.64 bits per heavy atom. The number of carbonyl (C=O) groups excluding carboxylic acids is 2. The minimum absolute atomic E-state index is 0.201. The summed E-state index contributed by atoms with van der Waals surface area (Å²) in [5.41, 5.74) is 0.644. The Morgan fingerprint density at radius 1 is 1.36 bits per heavy atom. The minimum Gasteiger partial charge on any atom is -0.342 e. The molecule has 0 unspecified atom stereocenters. The van der Waals surface area contributed by atoms with Gasteiger partial charge in [-0.3, -0.25) is 14.6 Å². The molecule has 0 N–H and O–H groups in total. The van der Waals surface area contributed by atoms with Crippen molar-refractivity contribution >= 4 is 17.5 Å². The average Bonchev–Trinajstić information content (AvgIpc) is 3.30. The van der Waals surface area contributed by atoms with Crippen LogP contribution in [0.4, 0.5) is 5.69 Å². The van der Waals surface area contributed by atoms with E-state index in [1.165, 1.54) is 0 Å². The molecule has 3 fully saturated rings. The smallest absolute Gasteiger partial charge is 0.235 e. The second kappa shape index (κ2) is 4.80. The van der Waals surface area contributed by atoms with Gasteiger partial charge in [-0.05, 0) is 37.3 Å². The predicted molar refractivity (Wildman–Crippen MR) is 82.1 cm³/mol. The van der Waals surface area contributed by atoms with Crippen LogP contribution < -0.4 is 4.90 Å². The van der Waals surface area contributed by atoms with Gasteiger partial charge in [-0.2, -0.15) is 0 Å². The van der Waals surface area contributed by atoms with Crippen LogP contribution in [0.3, 0.4) is 0 Å². The number of aromatic nitrogens is 1. The Hall–Kier alpha value is -1.91. The quantitative estimate of drug-likeness (QED) is 0.781. The number of rotatable bonds is 2. The Kier molecular flexibility index (Phi) is 2.99. The standard InChI is InChI=1S/C17H21N3O2/c1-12-9-14(12)15(21)19-7-4-17(5-8-19)11-20(16(17)22)13-3-2-6-18-10-13/h2-3,6,10,12,14H,4-5,7-9,11H2,1H3/t12-,14+/m1/s1. The first-order valence-corrected chi connectivity index (χ1v) is 8.11. The van der Waals surface area contributed by atoms with Crippen LogP contribution in [-0.4, -0.2) is 41.3 Å². The number of likely N-dealkylation sites (tertiary alicyclic amines) is 1. The summed E-state index contributed by atoms with van der Waals surface area (Å²) in [6.07, 6.45) is 6.09. The van der Waals surface area contributed by atoms with Gasteiger partial charge in [-0.15, -0.1) is 0 Å². The first-order valence-electron chi connectivity index (χ1n) is 8.11. The molecule has 3 heterocycles. The Morgan fingerprint density at radius 2 is 2.09 bits per heavy atom. The summed E-state index contributed by atoms with van der Waals surface area (Å²) in [6.45, 7) is 4.36. The van der Waals surface area contributed by atoms with E-state index < -0.39 is 0 Å². The van der Waals surface area contributed by atoms with E-state index in [0.717, 1.165) is 44.6 Å². The van der Waals surface area contributed by atoms with Crippen molar-refractivity contribution in [2.24, 2.45) is 17.3 Å². The minimum atomic E-state index is -0.234. The predicted octanol–water partition coefficient (Wildman–Crippen LogP) is 1.69. The van der Waals surface area contributed by atoms with Crippen LogP contribution in [0, 0.1) is 17.3 Å². The van der Waals surface area contributed by atoms with Crippen molar-refractivity contribution in [2.75, 3.05) is 24.5 Å². The second-order valence-electron chi connectivity index (χ2n) is 7.03. The molecule has 1 aromatic rings. The monoisotopic (exact) mass is 299 g/mol. The van der Waals surface area contributed by atoms with Crippen molar-refractivity contribution in [1.29, 1.82) is 0 Å². The molecule has 0 bridgehead atoms. The van der Waals surface area contributed by atoms with Gasteiger partial charge in [0.25, 0.3) is 0 Å². The molecular weight excluding hydrogens is 278 g/mol. The van der Waals surface area contributed by atoms with Gasteiger partial charge >= 0.3 is 0 Å². The van der Waals surface area contributed by atoms with Crippen LogP contribution in [0.1, 0.15) is 26.2 Å². The summed E-state index contributed by atoms with van der Waals surface area (Å²) in [4.78, 5) is 32.7. The topological polar surface area (TPSA) is 53.5 Å². The summed E-state index contributed by atoms with van der Waals surface area (Å²) < 4.78 is 0. The van der Waals surface area contributed by atoms with Crippen molar-refractivity contribution in [2.45, 2.75) is 26.2 Å². The van der Waals surface area contributed by atoms with Gasteiger partial charge in [0.15, 0.2) is 0 Å². The normalized spacial score (nSPS) is 29.4. The van der Waals surface area contributed by atoms with Crippen molar-refractivity contribution in [3.8, 4) is 0 Å². The van der Waals surface area contributed by atoms with Crippen LogP contribution in [-0.2, 0) is 9.59 Å². The zero-order valence-electron chi connectivity index (χ0n) is 12.9. The van der Waals surface area contributed by atoms with Crippen LogP contribution in [0.15, 0.2) is 24.5 Å². The number of amides is 2. The average molecular weight is 299 g/mol. The molecule has 1 saturated carbocycles. The van der Waals surface area contributed by atoms with E-state index in [0.29, 0.717) is 11.8 Å². The molecule has 5 nitrogen and oxygen atoms in total. The fourth-order valence-corrected chi connectivity index (χ4v) is 3.79. The maximum Gasteiger partial charge on any atom is 0.235 e. The molecule has 2 aliphatic heterocycles. The van der Waals surface area contributed by atoms with Crippen LogP contribution >= 0.6 is 0 Å². The lowest BCUT2D eigenvalue weighted by atomic mass is 9.71. The molecule has 4 rings (SSSR count). The highest BCUT2D eigenvalue weighted by Crippen LogP contribution is 2.45. The number of hydrogen-bond acceptors (Lipinski definition) is 3. The number of pyridine rings is 1. The second-order valence-corrected chi connectivity index (χ2v) is 7.03. The maximum atomic E-state index is 12.6. The molecule has 0 radical (unpaired) electrons. The highest BCUT2D eigenvalue weighted by Gasteiger charge is 2.54. The summed E-state index contributed by atoms with van der Waals surface area (Å²) in [6, 6.07) is 3.77. The molecule has 1 aliphatic carbocycles. The molecule has 0 aromatic carbocycles. The third-order valence-electron chi connectivity index (χ3n) is 5.58. The van der Waals surface area contributed by atoms with E-state index in [2.05, 4.69) is 11.9 Å². The molecule has 5 heteroatoms. The van der Waals surface area contributed by atoms with E-state index in [-0.39, 0.29) is 17.2 Å². The van der Waals surface area contributed by atoms with Crippen LogP contribution in [0.5, 0.6) is 0 Å². The Labute approximate surface area is 130 Å².